The summed E-state index contributed by atoms with van der Waals surface area (Å²) >= 11 is 0. The van der Waals surface area contributed by atoms with Crippen LogP contribution < -0.4 is 10.2 Å². The number of hydrogen-bond donors (Lipinski definition) is 1. The van der Waals surface area contributed by atoms with Gasteiger partial charge in [-0.1, -0.05) is 24.3 Å². The number of nitrogens with zero attached hydrogens (tertiary/aromatic N) is 4. The highest BCUT2D eigenvalue weighted by Crippen LogP contribution is 2.23. The lowest BCUT2D eigenvalue weighted by molar-refractivity contribution is 0.0601. The van der Waals surface area contributed by atoms with Crippen molar-refractivity contribution in [3.8, 4) is 0 Å². The number of aromatic nitrogens is 3. The zero-order valence-electron chi connectivity index (χ0n) is 14.9. The first-order valence-electron chi connectivity index (χ1n) is 8.70. The van der Waals surface area contributed by atoms with Crippen LogP contribution >= 0.6 is 0 Å². The van der Waals surface area contributed by atoms with Crippen molar-refractivity contribution in [2.24, 2.45) is 0 Å². The minimum Gasteiger partial charge on any atom is -0.465 e. The Morgan fingerprint density at radius 2 is 1.89 bits per heavy atom. The van der Waals surface area contributed by atoms with Crippen LogP contribution in [-0.4, -0.2) is 34.8 Å². The van der Waals surface area contributed by atoms with Gasteiger partial charge < -0.3 is 15.0 Å². The van der Waals surface area contributed by atoms with Gasteiger partial charge in [-0.2, -0.15) is 10.1 Å². The van der Waals surface area contributed by atoms with Crippen molar-refractivity contribution in [2.45, 2.75) is 13.0 Å². The van der Waals surface area contributed by atoms with Crippen molar-refractivity contribution in [1.82, 2.24) is 15.2 Å². The van der Waals surface area contributed by atoms with E-state index in [0.717, 1.165) is 31.0 Å². The molecule has 0 fully saturated rings. The number of fused-ring (bicyclic) bond motifs is 1. The topological polar surface area (TPSA) is 80.2 Å². The van der Waals surface area contributed by atoms with Gasteiger partial charge in [-0.3, -0.25) is 0 Å². The van der Waals surface area contributed by atoms with Crippen LogP contribution in [0.1, 0.15) is 21.5 Å². The summed E-state index contributed by atoms with van der Waals surface area (Å²) in [7, 11) is 1.36. The van der Waals surface area contributed by atoms with Crippen molar-refractivity contribution in [3.05, 3.63) is 71.4 Å². The number of esters is 1. The van der Waals surface area contributed by atoms with E-state index in [1.807, 2.05) is 0 Å². The molecule has 0 radical (unpaired) electrons. The fourth-order valence-corrected chi connectivity index (χ4v) is 3.13. The van der Waals surface area contributed by atoms with Gasteiger partial charge in [-0.05, 0) is 41.8 Å². The van der Waals surface area contributed by atoms with Gasteiger partial charge in [0.15, 0.2) is 5.82 Å². The molecule has 3 aromatic rings. The SMILES string of the molecule is COC(=O)c1ccc(Nc2nncc(N3CCc4ccccc4C3)n2)cc1. The number of nitrogens with one attached hydrogen (secondary N) is 1. The number of hydrogen-bond acceptors (Lipinski definition) is 7. The van der Waals surface area contributed by atoms with Crippen molar-refractivity contribution in [2.75, 3.05) is 23.9 Å². The Morgan fingerprint density at radius 1 is 1.11 bits per heavy atom. The van der Waals surface area contributed by atoms with Gasteiger partial charge in [0.25, 0.3) is 0 Å². The van der Waals surface area contributed by atoms with Gasteiger partial charge in [-0.25, -0.2) is 4.79 Å². The van der Waals surface area contributed by atoms with Gasteiger partial charge in [0.05, 0.1) is 18.9 Å². The number of ether oxygens (including phenoxy) is 1. The number of rotatable bonds is 4. The quantitative estimate of drug-likeness (QED) is 0.716. The maximum atomic E-state index is 11.5. The normalized spacial score (nSPS) is 13.0. The summed E-state index contributed by atoms with van der Waals surface area (Å²) in [6.45, 7) is 1.70. The van der Waals surface area contributed by atoms with E-state index in [0.29, 0.717) is 11.5 Å². The standard InChI is InChI=1S/C20H19N5O2/c1-27-19(26)15-6-8-17(9-7-15)22-20-23-18(12-21-24-20)25-11-10-14-4-2-3-5-16(14)13-25/h2-9,12H,10-11,13H2,1H3,(H,22,23,24). The average molecular weight is 361 g/mol. The van der Waals surface area contributed by atoms with Crippen molar-refractivity contribution >= 4 is 23.4 Å². The number of benzene rings is 2. The minimum absolute atomic E-state index is 0.369. The van der Waals surface area contributed by atoms with E-state index in [-0.39, 0.29) is 5.97 Å². The molecule has 0 bridgehead atoms. The van der Waals surface area contributed by atoms with Gasteiger partial charge in [-0.15, -0.1) is 5.10 Å². The molecule has 2 aromatic carbocycles. The first kappa shape index (κ1) is 17.0. The van der Waals surface area contributed by atoms with Crippen LogP contribution in [0.15, 0.2) is 54.7 Å². The Hall–Kier alpha value is -3.48. The molecule has 136 valence electrons. The molecule has 0 spiro atoms. The lowest BCUT2D eigenvalue weighted by Gasteiger charge is -2.29. The summed E-state index contributed by atoms with van der Waals surface area (Å²) in [5.74, 6) is 0.831. The Balaban J connectivity index is 1.49. The lowest BCUT2D eigenvalue weighted by atomic mass is 10.0. The Morgan fingerprint density at radius 3 is 2.67 bits per heavy atom. The molecule has 1 aliphatic rings. The van der Waals surface area contributed by atoms with E-state index in [1.165, 1.54) is 18.2 Å². The van der Waals surface area contributed by atoms with Gasteiger partial charge in [0, 0.05) is 18.8 Å². The van der Waals surface area contributed by atoms with E-state index < -0.39 is 0 Å². The van der Waals surface area contributed by atoms with Crippen LogP contribution in [0.5, 0.6) is 0 Å². The van der Waals surface area contributed by atoms with Crippen LogP contribution in [0.4, 0.5) is 17.5 Å². The lowest BCUT2D eigenvalue weighted by Crippen LogP contribution is -2.31. The predicted octanol–water partition coefficient (Wildman–Crippen LogP) is 2.96. The molecule has 4 rings (SSSR count). The van der Waals surface area contributed by atoms with Crippen LogP contribution in [0.2, 0.25) is 0 Å². The smallest absolute Gasteiger partial charge is 0.337 e. The number of anilines is 3. The third-order valence-electron chi connectivity index (χ3n) is 4.56. The maximum Gasteiger partial charge on any atom is 0.337 e. The van der Waals surface area contributed by atoms with Crippen LogP contribution in [-0.2, 0) is 17.7 Å². The van der Waals surface area contributed by atoms with E-state index in [4.69, 9.17) is 4.74 Å². The zero-order valence-corrected chi connectivity index (χ0v) is 14.9. The first-order chi connectivity index (χ1) is 13.2. The maximum absolute atomic E-state index is 11.5. The molecule has 0 unspecified atom stereocenters. The van der Waals surface area contributed by atoms with Crippen molar-refractivity contribution < 1.29 is 9.53 Å². The summed E-state index contributed by atoms with van der Waals surface area (Å²) in [5.41, 5.74) is 3.96. The van der Waals surface area contributed by atoms with E-state index >= 15 is 0 Å². The molecule has 0 atom stereocenters. The molecule has 1 N–H and O–H groups in total. The minimum atomic E-state index is -0.369. The number of carbonyl (C=O) groups excluding carboxylic acids is 1. The third-order valence-corrected chi connectivity index (χ3v) is 4.56. The molecule has 7 heteroatoms. The molecule has 1 aromatic heterocycles. The van der Waals surface area contributed by atoms with Gasteiger partial charge in [0.2, 0.25) is 5.95 Å². The molecule has 0 amide bonds. The Kier molecular flexibility index (Phi) is 4.65. The third kappa shape index (κ3) is 3.72. The second-order valence-electron chi connectivity index (χ2n) is 6.27. The second kappa shape index (κ2) is 7.41. The molecule has 7 nitrogen and oxygen atoms in total. The van der Waals surface area contributed by atoms with Crippen LogP contribution in [0.25, 0.3) is 0 Å². The predicted molar refractivity (Wildman–Crippen MR) is 102 cm³/mol. The van der Waals surface area contributed by atoms with E-state index in [2.05, 4.69) is 49.7 Å². The summed E-state index contributed by atoms with van der Waals surface area (Å²) in [5, 5.41) is 11.3. The fraction of sp³-hybridized carbons (Fsp3) is 0.200. The van der Waals surface area contributed by atoms with Crippen molar-refractivity contribution in [1.29, 1.82) is 0 Å². The first-order valence-corrected chi connectivity index (χ1v) is 8.70. The highest BCUT2D eigenvalue weighted by Gasteiger charge is 2.18. The Labute approximate surface area is 157 Å². The number of carbonyl (C=O) groups is 1. The molecular weight excluding hydrogens is 342 g/mol. The van der Waals surface area contributed by atoms with Gasteiger partial charge in [0.1, 0.15) is 0 Å². The summed E-state index contributed by atoms with van der Waals surface area (Å²) < 4.78 is 4.70. The average Bonchev–Trinajstić information content (AvgIpc) is 2.73. The summed E-state index contributed by atoms with van der Waals surface area (Å²) in [4.78, 5) is 18.3. The molecule has 0 saturated carbocycles. The molecular formula is C20H19N5O2. The molecule has 27 heavy (non-hydrogen) atoms. The van der Waals surface area contributed by atoms with Gasteiger partial charge >= 0.3 is 5.97 Å². The number of methoxy groups -OCH3 is 1. The highest BCUT2D eigenvalue weighted by molar-refractivity contribution is 5.89. The van der Waals surface area contributed by atoms with Crippen LogP contribution in [0.3, 0.4) is 0 Å². The molecule has 0 saturated heterocycles. The molecule has 1 aliphatic heterocycles. The highest BCUT2D eigenvalue weighted by atomic mass is 16.5. The summed E-state index contributed by atoms with van der Waals surface area (Å²) in [6.07, 6.45) is 2.66. The zero-order chi connectivity index (χ0) is 18.6. The fourth-order valence-electron chi connectivity index (χ4n) is 3.13. The van der Waals surface area contributed by atoms with E-state index in [9.17, 15) is 4.79 Å². The van der Waals surface area contributed by atoms with E-state index in [1.54, 1.807) is 30.5 Å². The Bertz CT molecular complexity index is 959. The molecule has 0 aliphatic carbocycles. The second-order valence-corrected chi connectivity index (χ2v) is 6.27. The summed E-state index contributed by atoms with van der Waals surface area (Å²) in [6, 6.07) is 15.4. The van der Waals surface area contributed by atoms with Crippen molar-refractivity contribution in [3.63, 3.8) is 0 Å². The largest absolute Gasteiger partial charge is 0.465 e. The monoisotopic (exact) mass is 361 g/mol. The molecule has 2 heterocycles. The van der Waals surface area contributed by atoms with Crippen LogP contribution in [0, 0.1) is 0 Å².